The molecule has 0 saturated carbocycles. The molecule has 1 fully saturated rings. The molecular formula is C26H27F5N3O8PS. The van der Waals surface area contributed by atoms with Crippen LogP contribution in [0.1, 0.15) is 27.0 Å². The predicted molar refractivity (Wildman–Crippen MR) is 150 cm³/mol. The van der Waals surface area contributed by atoms with Gasteiger partial charge in [0.05, 0.1) is 18.9 Å². The standard InChI is InChI=1S/C26H27F5N3O8PS/c1-13(2)40-20(36)14(3)33-43(44,42-17-9-8-15-6-4-5-7-16(15)10-17)39-12-25(22(28)29)21(37)26(30,31)23(41-25)34-11-18(27)19(35)32-24(34)38/h4-11,13-14,21-23,37H,12H2,1-3H3,(H,33,44)(H,32,35,38)/t14-,21+,23+,25+,43?/m0/s1. The number of aromatic nitrogens is 2. The highest BCUT2D eigenvalue weighted by molar-refractivity contribution is 8.09. The van der Waals surface area contributed by atoms with E-state index in [-0.39, 0.29) is 16.5 Å². The molecule has 1 saturated heterocycles. The zero-order chi connectivity index (χ0) is 32.6. The number of hydrogen-bond donors (Lipinski definition) is 3. The van der Waals surface area contributed by atoms with Crippen LogP contribution in [0.2, 0.25) is 0 Å². The van der Waals surface area contributed by atoms with E-state index < -0.39 is 78.7 Å². The fourth-order valence-corrected chi connectivity index (χ4v) is 6.71. The van der Waals surface area contributed by atoms with E-state index >= 15 is 8.78 Å². The van der Waals surface area contributed by atoms with E-state index in [0.717, 1.165) is 5.39 Å². The van der Waals surface area contributed by atoms with Crippen molar-refractivity contribution >= 4 is 35.2 Å². The van der Waals surface area contributed by atoms with Crippen LogP contribution in [0.25, 0.3) is 10.8 Å². The first-order valence-corrected chi connectivity index (χ1v) is 15.6. The molecule has 18 heteroatoms. The van der Waals surface area contributed by atoms with Crippen LogP contribution in [0.3, 0.4) is 0 Å². The summed E-state index contributed by atoms with van der Waals surface area (Å²) in [6.07, 6.45) is -10.7. The van der Waals surface area contributed by atoms with Crippen LogP contribution in [0, 0.1) is 5.82 Å². The predicted octanol–water partition coefficient (Wildman–Crippen LogP) is 3.61. The van der Waals surface area contributed by atoms with Crippen molar-refractivity contribution in [3.63, 3.8) is 0 Å². The maximum atomic E-state index is 15.2. The minimum Gasteiger partial charge on any atom is -0.462 e. The number of benzene rings is 2. The molecule has 2 aromatic carbocycles. The van der Waals surface area contributed by atoms with Crippen molar-refractivity contribution in [2.75, 3.05) is 6.61 Å². The molecule has 2 heterocycles. The van der Waals surface area contributed by atoms with Crippen molar-refractivity contribution in [1.29, 1.82) is 0 Å². The van der Waals surface area contributed by atoms with Crippen LogP contribution < -0.4 is 20.9 Å². The molecule has 0 aliphatic carbocycles. The molecule has 0 amide bonds. The Morgan fingerprint density at radius 1 is 1.18 bits per heavy atom. The van der Waals surface area contributed by atoms with E-state index in [0.29, 0.717) is 5.39 Å². The number of esters is 1. The largest absolute Gasteiger partial charge is 0.462 e. The monoisotopic (exact) mass is 667 g/mol. The van der Waals surface area contributed by atoms with Crippen LogP contribution in [0.4, 0.5) is 22.0 Å². The SMILES string of the molecule is CC(C)OC(=O)[C@H](C)NP(=S)(OC[C@@]1(C(F)F)O[C@@H](n2cc(F)c(=O)[nH]c2=O)C(F)(F)[C@@H]1O)Oc1ccc2ccccc2c1. The Morgan fingerprint density at radius 3 is 2.48 bits per heavy atom. The number of carbonyl (C=O) groups excluding carboxylic acids is 1. The fraction of sp³-hybridized carbons (Fsp3) is 0.423. The summed E-state index contributed by atoms with van der Waals surface area (Å²) in [5, 5.41) is 14.5. The number of nitrogens with one attached hydrogen (secondary N) is 2. The lowest BCUT2D eigenvalue weighted by atomic mass is 9.96. The van der Waals surface area contributed by atoms with Crippen LogP contribution in [0.5, 0.6) is 5.75 Å². The van der Waals surface area contributed by atoms with E-state index in [4.69, 9.17) is 30.3 Å². The second kappa shape index (κ2) is 12.7. The first-order valence-electron chi connectivity index (χ1n) is 12.9. The van der Waals surface area contributed by atoms with Gasteiger partial charge in [-0.2, -0.15) is 13.2 Å². The fourth-order valence-electron chi connectivity index (χ4n) is 4.30. The first-order chi connectivity index (χ1) is 20.5. The number of ether oxygens (including phenoxy) is 2. The molecule has 11 nitrogen and oxygen atoms in total. The third kappa shape index (κ3) is 6.72. The summed E-state index contributed by atoms with van der Waals surface area (Å²) >= 11 is 5.49. The summed E-state index contributed by atoms with van der Waals surface area (Å²) in [5.41, 5.74) is -6.73. The molecule has 1 unspecified atom stereocenters. The van der Waals surface area contributed by atoms with E-state index in [1.807, 2.05) is 0 Å². The van der Waals surface area contributed by atoms with Crippen molar-refractivity contribution in [2.45, 2.75) is 63.2 Å². The van der Waals surface area contributed by atoms with Crippen molar-refractivity contribution < 1.29 is 50.4 Å². The van der Waals surface area contributed by atoms with Gasteiger partial charge in [0.2, 0.25) is 12.0 Å². The number of aromatic amines is 1. The molecule has 240 valence electrons. The van der Waals surface area contributed by atoms with Crippen molar-refractivity contribution in [2.24, 2.45) is 0 Å². The minimum absolute atomic E-state index is 0.0334. The summed E-state index contributed by atoms with van der Waals surface area (Å²) in [4.78, 5) is 37.5. The van der Waals surface area contributed by atoms with Crippen molar-refractivity contribution in [1.82, 2.24) is 14.6 Å². The highest BCUT2D eigenvalue weighted by Gasteiger charge is 2.71. The quantitative estimate of drug-likeness (QED) is 0.158. The number of nitrogens with zero attached hydrogens (tertiary/aromatic N) is 1. The van der Waals surface area contributed by atoms with Crippen LogP contribution >= 0.6 is 6.64 Å². The zero-order valence-corrected chi connectivity index (χ0v) is 24.9. The van der Waals surface area contributed by atoms with E-state index in [1.165, 1.54) is 24.0 Å². The Hall–Kier alpha value is -3.21. The zero-order valence-electron chi connectivity index (χ0n) is 23.2. The summed E-state index contributed by atoms with van der Waals surface area (Å²) in [6, 6.07) is 10.5. The topological polar surface area (TPSA) is 141 Å². The maximum absolute atomic E-state index is 15.2. The summed E-state index contributed by atoms with van der Waals surface area (Å²) in [5.74, 6) is -7.11. The lowest BCUT2D eigenvalue weighted by Gasteiger charge is -2.34. The molecule has 4 rings (SSSR count). The van der Waals surface area contributed by atoms with Gasteiger partial charge >= 0.3 is 24.2 Å². The number of aliphatic hydroxyl groups is 1. The lowest BCUT2D eigenvalue weighted by Crippen LogP contribution is -2.54. The van der Waals surface area contributed by atoms with Gasteiger partial charge in [0, 0.05) is 0 Å². The summed E-state index contributed by atoms with van der Waals surface area (Å²) in [6.45, 7) is -1.25. The molecule has 0 radical (unpaired) electrons. The number of H-pyrrole nitrogens is 1. The Morgan fingerprint density at radius 2 is 1.84 bits per heavy atom. The molecule has 3 aromatic rings. The van der Waals surface area contributed by atoms with Gasteiger partial charge in [0.25, 0.3) is 12.0 Å². The third-order valence-corrected chi connectivity index (χ3v) is 8.98. The molecule has 1 aliphatic heterocycles. The number of alkyl halides is 4. The third-order valence-electron chi connectivity index (χ3n) is 6.50. The van der Waals surface area contributed by atoms with Crippen LogP contribution in [-0.4, -0.2) is 63.4 Å². The number of carbonyl (C=O) groups is 1. The lowest BCUT2D eigenvalue weighted by molar-refractivity contribution is -0.192. The van der Waals surface area contributed by atoms with Gasteiger partial charge in [-0.15, -0.1) is 0 Å². The molecule has 1 aromatic heterocycles. The highest BCUT2D eigenvalue weighted by atomic mass is 32.5. The first kappa shape index (κ1) is 33.7. The number of hydrogen-bond acceptors (Lipinski definition) is 9. The van der Waals surface area contributed by atoms with Crippen molar-refractivity contribution in [3.05, 3.63) is 75.3 Å². The number of halogens is 5. The Kier molecular flexibility index (Phi) is 9.68. The average Bonchev–Trinajstić information content (AvgIpc) is 3.15. The van der Waals surface area contributed by atoms with E-state index in [9.17, 15) is 32.7 Å². The van der Waals surface area contributed by atoms with Crippen molar-refractivity contribution in [3.8, 4) is 5.75 Å². The van der Waals surface area contributed by atoms with Gasteiger partial charge in [0.1, 0.15) is 11.8 Å². The highest BCUT2D eigenvalue weighted by Crippen LogP contribution is 2.53. The van der Waals surface area contributed by atoms with E-state index in [1.54, 1.807) is 44.2 Å². The molecule has 1 aliphatic rings. The van der Waals surface area contributed by atoms with Crippen LogP contribution in [0.15, 0.2) is 58.3 Å². The number of aliphatic hydroxyl groups excluding tert-OH is 1. The Bertz CT molecular complexity index is 1710. The van der Waals surface area contributed by atoms with Gasteiger partial charge in [-0.1, -0.05) is 30.3 Å². The average molecular weight is 668 g/mol. The Balaban J connectivity index is 1.70. The second-order valence-electron chi connectivity index (χ2n) is 10.2. The Labute approximate surface area is 251 Å². The maximum Gasteiger partial charge on any atom is 0.330 e. The van der Waals surface area contributed by atoms with Gasteiger partial charge in [-0.3, -0.25) is 19.1 Å². The van der Waals surface area contributed by atoms with Gasteiger partial charge < -0.3 is 23.6 Å². The van der Waals surface area contributed by atoms with Gasteiger partial charge in [-0.05, 0) is 55.5 Å². The number of fused-ring (bicyclic) bond motifs is 1. The van der Waals surface area contributed by atoms with Gasteiger partial charge in [0.15, 0.2) is 11.7 Å². The molecule has 5 atom stereocenters. The van der Waals surface area contributed by atoms with Gasteiger partial charge in [-0.25, -0.2) is 18.7 Å². The molecule has 3 N–H and O–H groups in total. The molecule has 0 bridgehead atoms. The normalized spacial score (nSPS) is 23.5. The molecule has 0 spiro atoms. The van der Waals surface area contributed by atoms with Crippen LogP contribution in [-0.2, 0) is 30.6 Å². The summed E-state index contributed by atoms with van der Waals surface area (Å²) < 4.78 is 94.7. The van der Waals surface area contributed by atoms with E-state index in [2.05, 4.69) is 5.09 Å². The molecule has 44 heavy (non-hydrogen) atoms. The number of rotatable bonds is 11. The second-order valence-corrected chi connectivity index (χ2v) is 13.3. The smallest absolute Gasteiger partial charge is 0.330 e. The minimum atomic E-state index is -4.64. The molecular weight excluding hydrogens is 640 g/mol. The summed E-state index contributed by atoms with van der Waals surface area (Å²) in [7, 11) is 0.